The van der Waals surface area contributed by atoms with Crippen molar-refractivity contribution in [2.24, 2.45) is 0 Å². The van der Waals surface area contributed by atoms with Gasteiger partial charge in [-0.25, -0.2) is 4.79 Å². The molecule has 3 rings (SSSR count). The summed E-state index contributed by atoms with van der Waals surface area (Å²) in [6, 6.07) is 10.2. The molecule has 0 bridgehead atoms. The van der Waals surface area contributed by atoms with Crippen LogP contribution in [0.3, 0.4) is 0 Å². The highest BCUT2D eigenvalue weighted by molar-refractivity contribution is 5.97. The third kappa shape index (κ3) is 4.54. The normalized spacial score (nSPS) is 16.8. The van der Waals surface area contributed by atoms with E-state index in [4.69, 9.17) is 4.74 Å². The third-order valence-electron chi connectivity index (χ3n) is 4.27. The number of hydrogen-bond acceptors (Lipinski definition) is 3. The Morgan fingerprint density at radius 3 is 2.64 bits per heavy atom. The molecule has 28 heavy (non-hydrogen) atoms. The molecule has 0 aliphatic carbocycles. The fourth-order valence-corrected chi connectivity index (χ4v) is 2.96. The average Bonchev–Trinajstić information content (AvgIpc) is 3.01. The number of anilines is 2. The summed E-state index contributed by atoms with van der Waals surface area (Å²) >= 11 is 0. The first-order valence-corrected chi connectivity index (χ1v) is 8.45. The monoisotopic (exact) mass is 393 g/mol. The number of amides is 3. The van der Waals surface area contributed by atoms with Crippen LogP contribution < -0.4 is 20.3 Å². The van der Waals surface area contributed by atoms with E-state index < -0.39 is 23.8 Å². The Morgan fingerprint density at radius 2 is 1.93 bits per heavy atom. The molecule has 0 spiro atoms. The van der Waals surface area contributed by atoms with Crippen LogP contribution in [-0.2, 0) is 11.0 Å². The van der Waals surface area contributed by atoms with E-state index in [0.29, 0.717) is 11.4 Å². The number of urea groups is 1. The number of alkyl halides is 3. The maximum atomic E-state index is 12.8. The number of hydrogen-bond donors (Lipinski definition) is 2. The fourth-order valence-electron chi connectivity index (χ4n) is 2.96. The molecule has 0 radical (unpaired) electrons. The van der Waals surface area contributed by atoms with E-state index in [9.17, 15) is 22.8 Å². The molecular formula is C19H18F3N3O3. The minimum atomic E-state index is -4.50. The van der Waals surface area contributed by atoms with Crippen LogP contribution in [0.5, 0.6) is 5.75 Å². The van der Waals surface area contributed by atoms with Crippen molar-refractivity contribution >= 4 is 23.3 Å². The molecule has 0 saturated carbocycles. The molecular weight excluding hydrogens is 375 g/mol. The van der Waals surface area contributed by atoms with Gasteiger partial charge in [0.15, 0.2) is 0 Å². The van der Waals surface area contributed by atoms with Crippen molar-refractivity contribution < 1.29 is 27.5 Å². The lowest BCUT2D eigenvalue weighted by molar-refractivity contribution is -0.137. The maximum Gasteiger partial charge on any atom is 0.416 e. The minimum absolute atomic E-state index is 0.0151. The second-order valence-corrected chi connectivity index (χ2v) is 6.28. The number of ether oxygens (including phenoxy) is 1. The van der Waals surface area contributed by atoms with Crippen molar-refractivity contribution in [1.82, 2.24) is 5.32 Å². The van der Waals surface area contributed by atoms with Crippen molar-refractivity contribution in [3.63, 3.8) is 0 Å². The number of carbonyl (C=O) groups is 2. The van der Waals surface area contributed by atoms with Crippen LogP contribution in [0.1, 0.15) is 12.0 Å². The highest BCUT2D eigenvalue weighted by Gasteiger charge is 2.32. The summed E-state index contributed by atoms with van der Waals surface area (Å²) in [5.74, 6) is 0.432. The van der Waals surface area contributed by atoms with Crippen molar-refractivity contribution in [2.45, 2.75) is 18.6 Å². The van der Waals surface area contributed by atoms with E-state index >= 15 is 0 Å². The van der Waals surface area contributed by atoms with Crippen LogP contribution in [0.4, 0.5) is 29.3 Å². The van der Waals surface area contributed by atoms with Gasteiger partial charge in [-0.05, 0) is 30.3 Å². The molecule has 2 N–H and O–H groups in total. The fraction of sp³-hybridized carbons (Fsp3) is 0.263. The second kappa shape index (κ2) is 7.79. The molecule has 9 heteroatoms. The van der Waals surface area contributed by atoms with Crippen molar-refractivity contribution in [3.05, 3.63) is 54.1 Å². The lowest BCUT2D eigenvalue weighted by Gasteiger charge is -2.18. The molecule has 1 saturated heterocycles. The van der Waals surface area contributed by atoms with E-state index in [2.05, 4.69) is 10.6 Å². The van der Waals surface area contributed by atoms with E-state index in [1.54, 1.807) is 24.3 Å². The van der Waals surface area contributed by atoms with Gasteiger partial charge in [0, 0.05) is 30.4 Å². The first-order chi connectivity index (χ1) is 13.3. The van der Waals surface area contributed by atoms with E-state index in [-0.39, 0.29) is 24.6 Å². The van der Waals surface area contributed by atoms with E-state index in [0.717, 1.165) is 12.1 Å². The number of rotatable bonds is 4. The van der Waals surface area contributed by atoms with Gasteiger partial charge >= 0.3 is 12.2 Å². The van der Waals surface area contributed by atoms with Crippen molar-refractivity contribution in [3.8, 4) is 5.75 Å². The van der Waals surface area contributed by atoms with Gasteiger partial charge in [0.2, 0.25) is 5.91 Å². The minimum Gasteiger partial charge on any atom is -0.497 e. The van der Waals surface area contributed by atoms with Gasteiger partial charge in [-0.3, -0.25) is 4.79 Å². The first-order valence-electron chi connectivity index (χ1n) is 8.45. The quantitative estimate of drug-likeness (QED) is 0.833. The average molecular weight is 393 g/mol. The molecule has 1 fully saturated rings. The number of benzene rings is 2. The van der Waals surface area contributed by atoms with Gasteiger partial charge in [-0.2, -0.15) is 13.2 Å². The van der Waals surface area contributed by atoms with E-state index in [1.807, 2.05) is 0 Å². The molecule has 6 nitrogen and oxygen atoms in total. The Labute approximate surface area is 159 Å². The smallest absolute Gasteiger partial charge is 0.416 e. The summed E-state index contributed by atoms with van der Waals surface area (Å²) in [5.41, 5.74) is -0.196. The van der Waals surface area contributed by atoms with Gasteiger partial charge in [-0.1, -0.05) is 12.1 Å². The number of methoxy groups -OCH3 is 1. The zero-order chi connectivity index (χ0) is 20.3. The van der Waals surface area contributed by atoms with Crippen molar-refractivity contribution in [2.75, 3.05) is 23.9 Å². The summed E-state index contributed by atoms with van der Waals surface area (Å²) < 4.78 is 43.4. The van der Waals surface area contributed by atoms with Crippen LogP contribution >= 0.6 is 0 Å². The van der Waals surface area contributed by atoms with Crippen molar-refractivity contribution in [1.29, 1.82) is 0 Å². The third-order valence-corrected chi connectivity index (χ3v) is 4.27. The number of nitrogens with one attached hydrogen (secondary N) is 2. The molecule has 1 aliphatic heterocycles. The number of halogens is 3. The van der Waals surface area contributed by atoms with Gasteiger partial charge in [0.1, 0.15) is 5.75 Å². The van der Waals surface area contributed by atoms with Gasteiger partial charge in [0.05, 0.1) is 18.7 Å². The van der Waals surface area contributed by atoms with Crippen LogP contribution in [-0.4, -0.2) is 31.6 Å². The number of carbonyl (C=O) groups excluding carboxylic acids is 2. The zero-order valence-corrected chi connectivity index (χ0v) is 14.9. The first kappa shape index (κ1) is 19.5. The lowest BCUT2D eigenvalue weighted by Crippen LogP contribution is -2.39. The van der Waals surface area contributed by atoms with Gasteiger partial charge in [-0.15, -0.1) is 0 Å². The Bertz CT molecular complexity index is 886. The molecule has 1 aliphatic rings. The Hall–Kier alpha value is -3.23. The van der Waals surface area contributed by atoms with Crippen LogP contribution in [0, 0.1) is 0 Å². The molecule has 1 atom stereocenters. The second-order valence-electron chi connectivity index (χ2n) is 6.28. The Morgan fingerprint density at radius 1 is 1.18 bits per heavy atom. The predicted molar refractivity (Wildman–Crippen MR) is 97.4 cm³/mol. The summed E-state index contributed by atoms with van der Waals surface area (Å²) in [6.45, 7) is 0.252. The van der Waals surface area contributed by atoms with Gasteiger partial charge < -0.3 is 20.3 Å². The Kier molecular flexibility index (Phi) is 5.43. The maximum absolute atomic E-state index is 12.8. The molecule has 2 aromatic carbocycles. The highest BCUT2D eigenvalue weighted by Crippen LogP contribution is 2.30. The van der Waals surface area contributed by atoms with Crippen LogP contribution in [0.2, 0.25) is 0 Å². The molecule has 148 valence electrons. The molecule has 2 aromatic rings. The summed E-state index contributed by atoms with van der Waals surface area (Å²) in [4.78, 5) is 25.9. The highest BCUT2D eigenvalue weighted by atomic mass is 19.4. The topological polar surface area (TPSA) is 70.7 Å². The lowest BCUT2D eigenvalue weighted by atomic mass is 10.2. The largest absolute Gasteiger partial charge is 0.497 e. The SMILES string of the molecule is COc1cccc(N2C[C@H](NC(=O)Nc3cccc(C(F)(F)F)c3)CC2=O)c1. The van der Waals surface area contributed by atoms with Crippen LogP contribution in [0.25, 0.3) is 0 Å². The summed E-state index contributed by atoms with van der Waals surface area (Å²) in [5, 5.41) is 4.99. The summed E-state index contributed by atoms with van der Waals surface area (Å²) in [7, 11) is 1.52. The number of nitrogens with zero attached hydrogens (tertiary/aromatic N) is 1. The van der Waals surface area contributed by atoms with Gasteiger partial charge in [0.25, 0.3) is 0 Å². The molecule has 0 unspecified atom stereocenters. The Balaban J connectivity index is 1.62. The van der Waals surface area contributed by atoms with E-state index in [1.165, 1.54) is 24.1 Å². The molecule has 3 amide bonds. The predicted octanol–water partition coefficient (Wildman–Crippen LogP) is 3.64. The standard InChI is InChI=1S/C19H18F3N3O3/c1-28-16-7-3-6-15(10-16)25-11-14(9-17(25)26)24-18(27)23-13-5-2-4-12(8-13)19(20,21)22/h2-8,10,14H,9,11H2,1H3,(H2,23,24,27)/t14-/m1/s1. The molecule has 1 heterocycles. The van der Waals surface area contributed by atoms with Crippen LogP contribution in [0.15, 0.2) is 48.5 Å². The summed E-state index contributed by atoms with van der Waals surface area (Å²) in [6.07, 6.45) is -4.41. The zero-order valence-electron chi connectivity index (χ0n) is 14.9. The molecule has 0 aromatic heterocycles.